The van der Waals surface area contributed by atoms with E-state index in [2.05, 4.69) is 10.3 Å². The van der Waals surface area contributed by atoms with Gasteiger partial charge in [0, 0.05) is 19.2 Å². The molecule has 148 valence electrons. The molecule has 0 fully saturated rings. The molecule has 29 heavy (non-hydrogen) atoms. The summed E-state index contributed by atoms with van der Waals surface area (Å²) in [5.41, 5.74) is 2.54. The number of carbonyl (C=O) groups excluding carboxylic acids is 1. The van der Waals surface area contributed by atoms with Gasteiger partial charge in [-0.2, -0.15) is 0 Å². The van der Waals surface area contributed by atoms with Crippen molar-refractivity contribution < 1.29 is 4.79 Å². The second-order valence-electron chi connectivity index (χ2n) is 6.53. The van der Waals surface area contributed by atoms with E-state index in [-0.39, 0.29) is 11.5 Å². The maximum absolute atomic E-state index is 12.9. The first-order chi connectivity index (χ1) is 14.0. The van der Waals surface area contributed by atoms with Crippen LogP contribution >= 0.6 is 23.1 Å². The van der Waals surface area contributed by atoms with Crippen LogP contribution in [0.5, 0.6) is 0 Å². The molecule has 0 bridgehead atoms. The number of para-hydroxylation sites is 2. The number of nitrogens with zero attached hydrogens (tertiary/aromatic N) is 3. The number of aromatic nitrogens is 3. The summed E-state index contributed by atoms with van der Waals surface area (Å²) < 4.78 is 5.39. The zero-order valence-electron chi connectivity index (χ0n) is 16.1. The van der Waals surface area contributed by atoms with Crippen LogP contribution < -0.4 is 10.9 Å². The van der Waals surface area contributed by atoms with Gasteiger partial charge in [0.25, 0.3) is 5.56 Å². The van der Waals surface area contributed by atoms with E-state index in [1.807, 2.05) is 68.6 Å². The first kappa shape index (κ1) is 19.5. The SMILES string of the molecule is Cc1c(NC(=O)CCSc2nc3ccccc3s2)c(=O)n(-c2ccccc2)n1C. The second kappa shape index (κ2) is 8.26. The normalized spacial score (nSPS) is 11.1. The molecule has 0 spiro atoms. The number of fused-ring (bicyclic) bond motifs is 1. The molecule has 0 unspecified atom stereocenters. The standard InChI is InChI=1S/C21H20N4O2S2/c1-14-19(20(27)25(24(14)2)15-8-4-3-5-9-15)23-18(26)12-13-28-21-22-16-10-6-7-11-17(16)29-21/h3-11H,12-13H2,1-2H3,(H,23,26). The maximum Gasteiger partial charge on any atom is 0.295 e. The van der Waals surface area contributed by atoms with Crippen LogP contribution in [0, 0.1) is 6.92 Å². The van der Waals surface area contributed by atoms with Crippen LogP contribution in [0.15, 0.2) is 63.7 Å². The van der Waals surface area contributed by atoms with Crippen LogP contribution in [-0.4, -0.2) is 26.0 Å². The molecule has 2 aromatic heterocycles. The van der Waals surface area contributed by atoms with Gasteiger partial charge in [0.05, 0.1) is 21.6 Å². The van der Waals surface area contributed by atoms with Crippen molar-refractivity contribution in [3.63, 3.8) is 0 Å². The van der Waals surface area contributed by atoms with Gasteiger partial charge in [-0.3, -0.25) is 14.3 Å². The first-order valence-electron chi connectivity index (χ1n) is 9.17. The maximum atomic E-state index is 12.9. The molecule has 2 aromatic carbocycles. The van der Waals surface area contributed by atoms with Gasteiger partial charge in [0.15, 0.2) is 4.34 Å². The second-order valence-corrected chi connectivity index (χ2v) is 8.90. The van der Waals surface area contributed by atoms with Crippen LogP contribution in [0.25, 0.3) is 15.9 Å². The average molecular weight is 425 g/mol. The number of nitrogens with one attached hydrogen (secondary N) is 1. The fraction of sp³-hybridized carbons (Fsp3) is 0.190. The minimum absolute atomic E-state index is 0.176. The Kier molecular flexibility index (Phi) is 5.55. The number of rotatable bonds is 6. The molecular weight excluding hydrogens is 404 g/mol. The van der Waals surface area contributed by atoms with Gasteiger partial charge in [-0.15, -0.1) is 11.3 Å². The number of thioether (sulfide) groups is 1. The first-order valence-corrected chi connectivity index (χ1v) is 11.0. The third-order valence-electron chi connectivity index (χ3n) is 4.65. The number of thiazole rings is 1. The average Bonchev–Trinajstić information content (AvgIpc) is 3.23. The van der Waals surface area contributed by atoms with E-state index < -0.39 is 0 Å². The largest absolute Gasteiger partial charge is 0.320 e. The van der Waals surface area contributed by atoms with E-state index in [1.54, 1.807) is 32.5 Å². The molecule has 0 saturated heterocycles. The van der Waals surface area contributed by atoms with Gasteiger partial charge in [0.2, 0.25) is 5.91 Å². The summed E-state index contributed by atoms with van der Waals surface area (Å²) in [5, 5.41) is 2.80. The minimum Gasteiger partial charge on any atom is -0.320 e. The lowest BCUT2D eigenvalue weighted by molar-refractivity contribution is -0.115. The van der Waals surface area contributed by atoms with Gasteiger partial charge in [0.1, 0.15) is 5.69 Å². The number of amides is 1. The Balaban J connectivity index is 1.42. The smallest absolute Gasteiger partial charge is 0.295 e. The van der Waals surface area contributed by atoms with Gasteiger partial charge in [-0.1, -0.05) is 42.1 Å². The van der Waals surface area contributed by atoms with Crippen LogP contribution in [-0.2, 0) is 11.8 Å². The Labute approximate surface area is 176 Å². The Morgan fingerprint density at radius 1 is 1.14 bits per heavy atom. The predicted octanol–water partition coefficient (Wildman–Crippen LogP) is 4.22. The van der Waals surface area contributed by atoms with Crippen molar-refractivity contribution in [1.82, 2.24) is 14.3 Å². The molecule has 4 rings (SSSR count). The quantitative estimate of drug-likeness (QED) is 0.471. The Bertz CT molecular complexity index is 1190. The molecular formula is C21H20N4O2S2. The highest BCUT2D eigenvalue weighted by atomic mass is 32.2. The van der Waals surface area contributed by atoms with E-state index in [1.165, 1.54) is 0 Å². The number of benzene rings is 2. The Morgan fingerprint density at radius 2 is 1.86 bits per heavy atom. The summed E-state index contributed by atoms with van der Waals surface area (Å²) in [6, 6.07) is 17.4. The summed E-state index contributed by atoms with van der Waals surface area (Å²) in [4.78, 5) is 29.9. The molecule has 0 aliphatic heterocycles. The summed E-state index contributed by atoms with van der Waals surface area (Å²) in [5.74, 6) is 0.425. The van der Waals surface area contributed by atoms with E-state index in [0.29, 0.717) is 23.6 Å². The van der Waals surface area contributed by atoms with Crippen LogP contribution in [0.1, 0.15) is 12.1 Å². The third kappa shape index (κ3) is 3.99. The molecule has 6 nitrogen and oxygen atoms in total. The third-order valence-corrected chi connectivity index (χ3v) is 6.83. The minimum atomic E-state index is -0.233. The molecule has 0 saturated carbocycles. The monoisotopic (exact) mass is 424 g/mol. The van der Waals surface area contributed by atoms with Crippen molar-refractivity contribution in [2.75, 3.05) is 11.1 Å². The highest BCUT2D eigenvalue weighted by Gasteiger charge is 2.18. The van der Waals surface area contributed by atoms with Crippen molar-refractivity contribution >= 4 is 44.9 Å². The number of anilines is 1. The van der Waals surface area contributed by atoms with Crippen molar-refractivity contribution in [3.8, 4) is 5.69 Å². The fourth-order valence-corrected chi connectivity index (χ4v) is 5.14. The molecule has 0 radical (unpaired) electrons. The summed E-state index contributed by atoms with van der Waals surface area (Å²) >= 11 is 3.18. The molecule has 1 amide bonds. The van der Waals surface area contributed by atoms with Gasteiger partial charge in [-0.25, -0.2) is 9.67 Å². The highest BCUT2D eigenvalue weighted by molar-refractivity contribution is 8.01. The molecule has 4 aromatic rings. The molecule has 8 heteroatoms. The molecule has 1 N–H and O–H groups in total. The van der Waals surface area contributed by atoms with Gasteiger partial charge >= 0.3 is 0 Å². The molecule has 2 heterocycles. The molecule has 0 atom stereocenters. The Hall–Kier alpha value is -2.84. The lowest BCUT2D eigenvalue weighted by Gasteiger charge is -2.07. The van der Waals surface area contributed by atoms with E-state index >= 15 is 0 Å². The highest BCUT2D eigenvalue weighted by Crippen LogP contribution is 2.29. The van der Waals surface area contributed by atoms with Crippen molar-refractivity contribution in [3.05, 3.63) is 70.6 Å². The summed E-state index contributed by atoms with van der Waals surface area (Å²) in [6.45, 7) is 1.83. The molecule has 0 aliphatic rings. The van der Waals surface area contributed by atoms with Crippen LogP contribution in [0.4, 0.5) is 5.69 Å². The van der Waals surface area contributed by atoms with E-state index in [0.717, 1.165) is 20.2 Å². The fourth-order valence-electron chi connectivity index (χ4n) is 3.06. The summed E-state index contributed by atoms with van der Waals surface area (Å²) in [6.07, 6.45) is 0.305. The number of hydrogen-bond donors (Lipinski definition) is 1. The van der Waals surface area contributed by atoms with E-state index in [4.69, 9.17) is 0 Å². The summed E-state index contributed by atoms with van der Waals surface area (Å²) in [7, 11) is 1.81. The van der Waals surface area contributed by atoms with Crippen molar-refractivity contribution in [2.45, 2.75) is 17.7 Å². The van der Waals surface area contributed by atoms with E-state index in [9.17, 15) is 9.59 Å². The van der Waals surface area contributed by atoms with Crippen molar-refractivity contribution in [1.29, 1.82) is 0 Å². The Morgan fingerprint density at radius 3 is 2.62 bits per heavy atom. The van der Waals surface area contributed by atoms with Crippen LogP contribution in [0.3, 0.4) is 0 Å². The lowest BCUT2D eigenvalue weighted by atomic mass is 10.3. The number of carbonyl (C=O) groups is 1. The zero-order valence-corrected chi connectivity index (χ0v) is 17.7. The van der Waals surface area contributed by atoms with Crippen molar-refractivity contribution in [2.24, 2.45) is 7.05 Å². The lowest BCUT2D eigenvalue weighted by Crippen LogP contribution is -2.23. The topological polar surface area (TPSA) is 68.9 Å². The number of hydrogen-bond acceptors (Lipinski definition) is 5. The van der Waals surface area contributed by atoms with Gasteiger partial charge in [-0.05, 0) is 31.2 Å². The van der Waals surface area contributed by atoms with Gasteiger partial charge < -0.3 is 5.32 Å². The molecule has 0 aliphatic carbocycles. The zero-order chi connectivity index (χ0) is 20.4. The predicted molar refractivity (Wildman–Crippen MR) is 119 cm³/mol. The van der Waals surface area contributed by atoms with Crippen LogP contribution in [0.2, 0.25) is 0 Å².